The van der Waals surface area contributed by atoms with Crippen molar-refractivity contribution in [2.45, 2.75) is 13.0 Å². The Morgan fingerprint density at radius 1 is 1.10 bits per heavy atom. The molecule has 0 bridgehead atoms. The molecule has 0 spiro atoms. The summed E-state index contributed by atoms with van der Waals surface area (Å²) in [6.07, 6.45) is 4.87. The van der Waals surface area contributed by atoms with Crippen LogP contribution in [0.15, 0.2) is 24.9 Å². The fourth-order valence-electron chi connectivity index (χ4n) is 2.62. The first kappa shape index (κ1) is 15.6. The molecule has 2 rings (SSSR count). The van der Waals surface area contributed by atoms with Gasteiger partial charge in [-0.3, -0.25) is 9.59 Å². The van der Waals surface area contributed by atoms with Gasteiger partial charge in [-0.15, -0.1) is 0 Å². The van der Waals surface area contributed by atoms with E-state index in [-0.39, 0.29) is 11.8 Å². The van der Waals surface area contributed by atoms with Crippen LogP contribution in [-0.2, 0) is 9.59 Å². The minimum Gasteiger partial charge on any atom is -0.372 e. The van der Waals surface area contributed by atoms with Crippen molar-refractivity contribution in [3.8, 4) is 0 Å². The molecule has 0 radical (unpaired) electrons. The van der Waals surface area contributed by atoms with E-state index in [4.69, 9.17) is 0 Å². The summed E-state index contributed by atoms with van der Waals surface area (Å²) in [7, 11) is 0. The van der Waals surface area contributed by atoms with Crippen molar-refractivity contribution in [1.82, 2.24) is 20.0 Å². The van der Waals surface area contributed by atoms with Gasteiger partial charge in [0.2, 0.25) is 11.8 Å². The number of carbonyl (C=O) groups is 2. The van der Waals surface area contributed by atoms with Crippen molar-refractivity contribution in [1.29, 1.82) is 0 Å². The lowest BCUT2D eigenvalue weighted by atomic mass is 10.2. The van der Waals surface area contributed by atoms with E-state index in [9.17, 15) is 9.59 Å². The fourth-order valence-corrected chi connectivity index (χ4v) is 2.62. The van der Waals surface area contributed by atoms with Crippen molar-refractivity contribution in [3.05, 3.63) is 24.9 Å². The maximum absolute atomic E-state index is 12.2. The zero-order valence-corrected chi connectivity index (χ0v) is 12.6. The van der Waals surface area contributed by atoms with E-state index in [0.29, 0.717) is 32.2 Å². The lowest BCUT2D eigenvalue weighted by Crippen LogP contribution is -2.50. The number of rotatable bonds is 3. The van der Waals surface area contributed by atoms with Crippen LogP contribution in [0.2, 0.25) is 0 Å². The molecule has 0 saturated carbocycles. The third-order valence-corrected chi connectivity index (χ3v) is 4.04. The van der Waals surface area contributed by atoms with E-state index in [1.54, 1.807) is 15.9 Å². The van der Waals surface area contributed by atoms with Crippen LogP contribution < -0.4 is 5.32 Å². The summed E-state index contributed by atoms with van der Waals surface area (Å²) in [6.45, 7) is 10.8. The number of piperazine rings is 2. The molecule has 2 saturated heterocycles. The Labute approximate surface area is 126 Å². The third-order valence-electron chi connectivity index (χ3n) is 4.04. The fraction of sp³-hybridized carbons (Fsp3) is 0.600. The number of nitrogens with zero attached hydrogens (tertiary/aromatic N) is 3. The van der Waals surface area contributed by atoms with Crippen LogP contribution in [-0.4, -0.2) is 78.4 Å². The quantitative estimate of drug-likeness (QED) is 0.723. The van der Waals surface area contributed by atoms with Crippen LogP contribution in [0.1, 0.15) is 6.92 Å². The van der Waals surface area contributed by atoms with Crippen molar-refractivity contribution in [2.75, 3.05) is 45.8 Å². The molecule has 116 valence electrons. The highest BCUT2D eigenvalue weighted by Crippen LogP contribution is 2.06. The number of carbonyl (C=O) groups excluding carboxylic acids is 2. The molecule has 2 fully saturated rings. The van der Waals surface area contributed by atoms with Gasteiger partial charge < -0.3 is 20.0 Å². The maximum atomic E-state index is 12.2. The number of hydrogen-bond acceptors (Lipinski definition) is 4. The zero-order chi connectivity index (χ0) is 15.2. The van der Waals surface area contributed by atoms with Crippen LogP contribution in [0.25, 0.3) is 0 Å². The third kappa shape index (κ3) is 4.07. The van der Waals surface area contributed by atoms with E-state index in [0.717, 1.165) is 19.6 Å². The van der Waals surface area contributed by atoms with Gasteiger partial charge in [-0.2, -0.15) is 0 Å². The maximum Gasteiger partial charge on any atom is 0.248 e. The van der Waals surface area contributed by atoms with E-state index in [1.165, 1.54) is 6.08 Å². The van der Waals surface area contributed by atoms with Gasteiger partial charge in [0.25, 0.3) is 0 Å². The van der Waals surface area contributed by atoms with E-state index >= 15 is 0 Å². The minimum absolute atomic E-state index is 0.0198. The monoisotopic (exact) mass is 292 g/mol. The number of amides is 2. The van der Waals surface area contributed by atoms with Crippen molar-refractivity contribution in [2.24, 2.45) is 0 Å². The molecule has 2 aliphatic rings. The lowest BCUT2D eigenvalue weighted by molar-refractivity contribution is -0.134. The molecule has 1 N–H and O–H groups in total. The molecule has 0 aromatic rings. The van der Waals surface area contributed by atoms with Crippen molar-refractivity contribution < 1.29 is 9.59 Å². The standard InChI is InChI=1S/C15H24N4O2/c1-3-14(20)18-8-10-19(11-9-18)15(21)4-6-17-7-5-16-12-13(17)2/h3-4,6,13,16H,1,5,7-12H2,2H3/b6-4+. The predicted molar refractivity (Wildman–Crippen MR) is 81.5 cm³/mol. The van der Waals surface area contributed by atoms with Gasteiger partial charge in [0.1, 0.15) is 0 Å². The summed E-state index contributed by atoms with van der Waals surface area (Å²) < 4.78 is 0. The molecule has 0 aromatic heterocycles. The molecule has 2 heterocycles. The zero-order valence-electron chi connectivity index (χ0n) is 12.6. The Kier molecular flexibility index (Phi) is 5.38. The molecule has 2 aliphatic heterocycles. The average molecular weight is 292 g/mol. The molecule has 21 heavy (non-hydrogen) atoms. The molecule has 6 nitrogen and oxygen atoms in total. The van der Waals surface area contributed by atoms with Crippen LogP contribution in [0.5, 0.6) is 0 Å². The predicted octanol–water partition coefficient (Wildman–Crippen LogP) is -0.349. The normalized spacial score (nSPS) is 23.5. The number of hydrogen-bond donors (Lipinski definition) is 1. The molecule has 2 amide bonds. The highest BCUT2D eigenvalue weighted by Gasteiger charge is 2.22. The molecule has 1 atom stereocenters. The Morgan fingerprint density at radius 2 is 1.71 bits per heavy atom. The topological polar surface area (TPSA) is 55.9 Å². The molecule has 0 aliphatic carbocycles. The summed E-state index contributed by atoms with van der Waals surface area (Å²) in [6, 6.07) is 0.407. The minimum atomic E-state index is -0.0627. The highest BCUT2D eigenvalue weighted by atomic mass is 16.2. The van der Waals surface area contributed by atoms with E-state index < -0.39 is 0 Å². The van der Waals surface area contributed by atoms with Gasteiger partial charge in [-0.1, -0.05) is 6.58 Å². The van der Waals surface area contributed by atoms with Gasteiger partial charge >= 0.3 is 0 Å². The first-order chi connectivity index (χ1) is 10.1. The van der Waals surface area contributed by atoms with Crippen molar-refractivity contribution in [3.63, 3.8) is 0 Å². The van der Waals surface area contributed by atoms with Crippen LogP contribution in [0.4, 0.5) is 0 Å². The Balaban J connectivity index is 1.81. The SMILES string of the molecule is C=CC(=O)N1CCN(C(=O)/C=C/N2CCNCC2C)CC1. The molecule has 1 unspecified atom stereocenters. The first-order valence-corrected chi connectivity index (χ1v) is 7.46. The largest absolute Gasteiger partial charge is 0.372 e. The second-order valence-corrected chi connectivity index (χ2v) is 5.46. The summed E-state index contributed by atoms with van der Waals surface area (Å²) in [4.78, 5) is 29.4. The molecule has 0 aromatic carbocycles. The summed E-state index contributed by atoms with van der Waals surface area (Å²) >= 11 is 0. The van der Waals surface area contributed by atoms with Gasteiger partial charge in [0, 0.05) is 64.1 Å². The second-order valence-electron chi connectivity index (χ2n) is 5.46. The second kappa shape index (κ2) is 7.26. The molecular formula is C15H24N4O2. The Bertz CT molecular complexity index is 427. The summed E-state index contributed by atoms with van der Waals surface area (Å²) in [5, 5.41) is 3.32. The first-order valence-electron chi connectivity index (χ1n) is 7.46. The Hall–Kier alpha value is -1.82. The lowest BCUT2D eigenvalue weighted by Gasteiger charge is -2.35. The van der Waals surface area contributed by atoms with Crippen LogP contribution in [0.3, 0.4) is 0 Å². The van der Waals surface area contributed by atoms with E-state index in [1.807, 2.05) is 6.20 Å². The summed E-state index contributed by atoms with van der Waals surface area (Å²) in [5.74, 6) is -0.0429. The van der Waals surface area contributed by atoms with Crippen LogP contribution >= 0.6 is 0 Å². The smallest absolute Gasteiger partial charge is 0.248 e. The summed E-state index contributed by atoms with van der Waals surface area (Å²) in [5.41, 5.74) is 0. The molecular weight excluding hydrogens is 268 g/mol. The highest BCUT2D eigenvalue weighted by molar-refractivity contribution is 5.89. The Morgan fingerprint density at radius 3 is 2.29 bits per heavy atom. The van der Waals surface area contributed by atoms with Gasteiger partial charge in [0.15, 0.2) is 0 Å². The molecule has 6 heteroatoms. The van der Waals surface area contributed by atoms with E-state index in [2.05, 4.69) is 23.7 Å². The van der Waals surface area contributed by atoms with Gasteiger partial charge in [-0.05, 0) is 13.0 Å². The van der Waals surface area contributed by atoms with Crippen molar-refractivity contribution >= 4 is 11.8 Å². The average Bonchev–Trinajstić information content (AvgIpc) is 2.53. The number of nitrogens with one attached hydrogen (secondary N) is 1. The van der Waals surface area contributed by atoms with Gasteiger partial charge in [0.05, 0.1) is 0 Å². The van der Waals surface area contributed by atoms with Gasteiger partial charge in [-0.25, -0.2) is 0 Å². The van der Waals surface area contributed by atoms with Crippen LogP contribution in [0, 0.1) is 0 Å².